The number of carbonyl (C=O) groups excluding carboxylic acids is 1. The van der Waals surface area contributed by atoms with E-state index in [0.29, 0.717) is 16.4 Å². The van der Waals surface area contributed by atoms with Gasteiger partial charge in [0.1, 0.15) is 5.52 Å². The molecule has 1 heterocycles. The van der Waals surface area contributed by atoms with Crippen LogP contribution in [0.3, 0.4) is 0 Å². The summed E-state index contributed by atoms with van der Waals surface area (Å²) in [7, 11) is 0. The minimum absolute atomic E-state index is 0.00378. The van der Waals surface area contributed by atoms with E-state index in [2.05, 4.69) is 15.5 Å². The monoisotopic (exact) mass is 356 g/mol. The normalized spacial score (nSPS) is 11.0. The van der Waals surface area contributed by atoms with E-state index in [-0.39, 0.29) is 17.3 Å². The Morgan fingerprint density at radius 2 is 2.04 bits per heavy atom. The zero-order chi connectivity index (χ0) is 17.6. The number of hydrogen-bond donors (Lipinski definition) is 1. The Morgan fingerprint density at radius 3 is 2.76 bits per heavy atom. The molecular weight excluding hydrogens is 344 g/mol. The van der Waals surface area contributed by atoms with E-state index < -0.39 is 4.92 Å². The van der Waals surface area contributed by atoms with Crippen LogP contribution in [0, 0.1) is 10.1 Å². The maximum atomic E-state index is 11.8. The van der Waals surface area contributed by atoms with Crippen LogP contribution in [0.5, 0.6) is 0 Å². The van der Waals surface area contributed by atoms with E-state index in [9.17, 15) is 14.9 Å². The summed E-state index contributed by atoms with van der Waals surface area (Å²) < 4.78 is 5.50. The van der Waals surface area contributed by atoms with Crippen molar-refractivity contribution in [3.05, 3.63) is 64.2 Å². The second-order valence-corrected chi connectivity index (χ2v) is 5.80. The van der Waals surface area contributed by atoms with Crippen molar-refractivity contribution < 1.29 is 14.1 Å². The second-order valence-electron chi connectivity index (χ2n) is 4.88. The van der Waals surface area contributed by atoms with Gasteiger partial charge in [0.15, 0.2) is 5.58 Å². The fraction of sp³-hybridized carbons (Fsp3) is 0.0625. The molecule has 0 radical (unpaired) electrons. The number of oxazole rings is 1. The summed E-state index contributed by atoms with van der Waals surface area (Å²) in [6.45, 7) is 0. The van der Waals surface area contributed by atoms with Crippen LogP contribution >= 0.6 is 11.8 Å². The molecule has 0 fully saturated rings. The number of amides is 1. The number of nitrogens with one attached hydrogen (secondary N) is 1. The Kier molecular flexibility index (Phi) is 5.05. The quantitative estimate of drug-likeness (QED) is 0.315. The highest BCUT2D eigenvalue weighted by atomic mass is 32.2. The van der Waals surface area contributed by atoms with Gasteiger partial charge in [-0.2, -0.15) is 5.10 Å². The fourth-order valence-corrected chi connectivity index (χ4v) is 2.56. The standard InChI is InChI=1S/C16H12N4O4S/c21-15(10-25-16-18-13-3-1-2-4-14(13)24-16)19-17-9-11-5-7-12(8-6-11)20(22)23/h1-9H,10H2,(H,19,21)/b17-9+. The predicted octanol–water partition coefficient (Wildman–Crippen LogP) is 2.98. The van der Waals surface area contributed by atoms with Gasteiger partial charge in [-0.15, -0.1) is 0 Å². The summed E-state index contributed by atoms with van der Waals surface area (Å²) in [5.74, 6) is -0.213. The van der Waals surface area contributed by atoms with Gasteiger partial charge in [-0.25, -0.2) is 10.4 Å². The van der Waals surface area contributed by atoms with Crippen molar-refractivity contribution in [2.75, 3.05) is 5.75 Å². The number of thioether (sulfide) groups is 1. The Labute approximate surface area is 146 Å². The minimum Gasteiger partial charge on any atom is -0.431 e. The minimum atomic E-state index is -0.480. The molecule has 1 N–H and O–H groups in total. The number of nitro benzene ring substituents is 1. The van der Waals surface area contributed by atoms with E-state index in [1.54, 1.807) is 18.2 Å². The van der Waals surface area contributed by atoms with Crippen molar-refractivity contribution in [2.45, 2.75) is 5.22 Å². The SMILES string of the molecule is O=C(CSc1nc2ccccc2o1)N/N=C/c1ccc([N+](=O)[O-])cc1. The van der Waals surface area contributed by atoms with E-state index in [1.165, 1.54) is 30.1 Å². The van der Waals surface area contributed by atoms with Gasteiger partial charge in [0.25, 0.3) is 16.8 Å². The third-order valence-corrected chi connectivity index (χ3v) is 3.94. The molecule has 3 aromatic rings. The van der Waals surface area contributed by atoms with Crippen molar-refractivity contribution in [1.82, 2.24) is 10.4 Å². The lowest BCUT2D eigenvalue weighted by atomic mass is 10.2. The number of hydrogen-bond acceptors (Lipinski definition) is 7. The van der Waals surface area contributed by atoms with Crippen molar-refractivity contribution in [2.24, 2.45) is 5.10 Å². The molecule has 8 nitrogen and oxygen atoms in total. The van der Waals surface area contributed by atoms with Crippen LogP contribution in [0.4, 0.5) is 5.69 Å². The van der Waals surface area contributed by atoms with Crippen molar-refractivity contribution >= 4 is 40.7 Å². The number of fused-ring (bicyclic) bond motifs is 1. The Hall–Kier alpha value is -3.20. The Morgan fingerprint density at radius 1 is 1.28 bits per heavy atom. The van der Waals surface area contributed by atoms with Crippen LogP contribution in [-0.4, -0.2) is 27.8 Å². The molecule has 0 atom stereocenters. The molecule has 2 aromatic carbocycles. The molecule has 0 saturated heterocycles. The average molecular weight is 356 g/mol. The number of hydrazone groups is 1. The summed E-state index contributed by atoms with van der Waals surface area (Å²) in [4.78, 5) is 26.1. The summed E-state index contributed by atoms with van der Waals surface area (Å²) in [6.07, 6.45) is 1.41. The van der Waals surface area contributed by atoms with E-state index in [1.807, 2.05) is 18.2 Å². The molecule has 126 valence electrons. The lowest BCUT2D eigenvalue weighted by molar-refractivity contribution is -0.384. The third-order valence-electron chi connectivity index (χ3n) is 3.11. The highest BCUT2D eigenvalue weighted by Crippen LogP contribution is 2.22. The zero-order valence-electron chi connectivity index (χ0n) is 12.8. The summed E-state index contributed by atoms with van der Waals surface area (Å²) in [5.41, 5.74) is 4.42. The lowest BCUT2D eigenvalue weighted by Crippen LogP contribution is -2.19. The van der Waals surface area contributed by atoms with Crippen molar-refractivity contribution in [3.63, 3.8) is 0 Å². The van der Waals surface area contributed by atoms with Crippen LogP contribution in [0.1, 0.15) is 5.56 Å². The Balaban J connectivity index is 1.49. The lowest BCUT2D eigenvalue weighted by Gasteiger charge is -1.97. The number of carbonyl (C=O) groups is 1. The van der Waals surface area contributed by atoms with Gasteiger partial charge in [0.05, 0.1) is 16.9 Å². The van der Waals surface area contributed by atoms with Crippen LogP contribution in [0.15, 0.2) is 63.3 Å². The molecule has 1 aromatic heterocycles. The van der Waals surface area contributed by atoms with Crippen LogP contribution in [0.2, 0.25) is 0 Å². The van der Waals surface area contributed by atoms with Crippen LogP contribution in [-0.2, 0) is 4.79 Å². The van der Waals surface area contributed by atoms with Gasteiger partial charge in [0, 0.05) is 12.1 Å². The van der Waals surface area contributed by atoms with Gasteiger partial charge in [-0.05, 0) is 29.8 Å². The number of benzene rings is 2. The topological polar surface area (TPSA) is 111 Å². The first-order valence-electron chi connectivity index (χ1n) is 7.16. The molecule has 0 aliphatic heterocycles. The number of aromatic nitrogens is 1. The number of rotatable bonds is 6. The molecule has 9 heteroatoms. The number of para-hydroxylation sites is 2. The molecular formula is C16H12N4O4S. The highest BCUT2D eigenvalue weighted by Gasteiger charge is 2.08. The summed E-state index contributed by atoms with van der Waals surface area (Å²) in [5, 5.41) is 14.8. The number of nitro groups is 1. The smallest absolute Gasteiger partial charge is 0.269 e. The van der Waals surface area contributed by atoms with E-state index >= 15 is 0 Å². The van der Waals surface area contributed by atoms with Gasteiger partial charge in [-0.1, -0.05) is 23.9 Å². The highest BCUT2D eigenvalue weighted by molar-refractivity contribution is 7.99. The largest absolute Gasteiger partial charge is 0.431 e. The van der Waals surface area contributed by atoms with Gasteiger partial charge >= 0.3 is 0 Å². The van der Waals surface area contributed by atoms with Crippen molar-refractivity contribution in [3.8, 4) is 0 Å². The zero-order valence-corrected chi connectivity index (χ0v) is 13.6. The maximum absolute atomic E-state index is 11.8. The molecule has 1 amide bonds. The van der Waals surface area contributed by atoms with Crippen LogP contribution in [0.25, 0.3) is 11.1 Å². The molecule has 0 aliphatic rings. The summed E-state index contributed by atoms with van der Waals surface area (Å²) >= 11 is 1.17. The van der Waals surface area contributed by atoms with E-state index in [4.69, 9.17) is 4.42 Å². The molecule has 0 bridgehead atoms. The molecule has 0 aliphatic carbocycles. The second kappa shape index (κ2) is 7.58. The molecule has 3 rings (SSSR count). The molecule has 0 spiro atoms. The first kappa shape index (κ1) is 16.7. The molecule has 0 saturated carbocycles. The van der Waals surface area contributed by atoms with Crippen molar-refractivity contribution in [1.29, 1.82) is 0 Å². The fourth-order valence-electron chi connectivity index (χ4n) is 1.93. The summed E-state index contributed by atoms with van der Waals surface area (Å²) in [6, 6.07) is 13.2. The molecule has 0 unspecified atom stereocenters. The number of nitrogens with zero attached hydrogens (tertiary/aromatic N) is 3. The molecule has 25 heavy (non-hydrogen) atoms. The van der Waals surface area contributed by atoms with Gasteiger partial charge in [0.2, 0.25) is 0 Å². The first-order chi connectivity index (χ1) is 12.1. The first-order valence-corrected chi connectivity index (χ1v) is 8.15. The number of non-ortho nitro benzene ring substituents is 1. The van der Waals surface area contributed by atoms with Gasteiger partial charge in [-0.3, -0.25) is 14.9 Å². The Bertz CT molecular complexity index is 904. The van der Waals surface area contributed by atoms with E-state index in [0.717, 1.165) is 5.52 Å². The van der Waals surface area contributed by atoms with Crippen LogP contribution < -0.4 is 5.43 Å². The third kappa shape index (κ3) is 4.42. The predicted molar refractivity (Wildman–Crippen MR) is 93.6 cm³/mol. The average Bonchev–Trinajstić information content (AvgIpc) is 3.03. The maximum Gasteiger partial charge on any atom is 0.269 e. The van der Waals surface area contributed by atoms with Gasteiger partial charge < -0.3 is 4.42 Å².